The number of carbonyl (C=O) groups excluding carboxylic acids is 1. The lowest BCUT2D eigenvalue weighted by Crippen LogP contribution is -2.19. The van der Waals surface area contributed by atoms with E-state index in [0.717, 1.165) is 11.3 Å². The fourth-order valence-electron chi connectivity index (χ4n) is 1.29. The van der Waals surface area contributed by atoms with Gasteiger partial charge in [-0.1, -0.05) is 12.1 Å². The zero-order valence-electron chi connectivity index (χ0n) is 7.90. The molecule has 0 spiro atoms. The highest BCUT2D eigenvalue weighted by Gasteiger charge is 1.99. The molecule has 5 heteroatoms. The fourth-order valence-corrected chi connectivity index (χ4v) is 1.29. The maximum absolute atomic E-state index is 10.6. The molecule has 5 nitrogen and oxygen atoms in total. The van der Waals surface area contributed by atoms with E-state index in [0.29, 0.717) is 5.69 Å². The van der Waals surface area contributed by atoms with E-state index in [1.807, 2.05) is 18.2 Å². The number of primary amides is 1. The van der Waals surface area contributed by atoms with Crippen molar-refractivity contribution in [2.75, 3.05) is 5.32 Å². The van der Waals surface area contributed by atoms with Crippen LogP contribution in [0.15, 0.2) is 36.5 Å². The van der Waals surface area contributed by atoms with Gasteiger partial charge in [0.2, 0.25) is 0 Å². The fraction of sp³-hybridized carbons (Fsp3) is 0. The topological polar surface area (TPSA) is 83.8 Å². The van der Waals surface area contributed by atoms with Gasteiger partial charge in [0.15, 0.2) is 0 Å². The number of carbonyl (C=O) groups is 1. The summed E-state index contributed by atoms with van der Waals surface area (Å²) in [6, 6.07) is 8.61. The van der Waals surface area contributed by atoms with E-state index >= 15 is 0 Å². The zero-order valence-corrected chi connectivity index (χ0v) is 7.90. The minimum atomic E-state index is -0.565. The lowest BCUT2D eigenvalue weighted by Gasteiger charge is -2.02. The van der Waals surface area contributed by atoms with Crippen molar-refractivity contribution >= 4 is 11.7 Å². The zero-order chi connectivity index (χ0) is 10.7. The van der Waals surface area contributed by atoms with E-state index in [1.54, 1.807) is 18.3 Å². The summed E-state index contributed by atoms with van der Waals surface area (Å²) in [5.74, 6) is 0. The molecule has 0 aliphatic rings. The average molecular weight is 202 g/mol. The Bertz CT molecular complexity index is 447. The second-order valence-corrected chi connectivity index (χ2v) is 3.04. The van der Waals surface area contributed by atoms with Gasteiger partial charge < -0.3 is 11.1 Å². The summed E-state index contributed by atoms with van der Waals surface area (Å²) < 4.78 is 0. The maximum Gasteiger partial charge on any atom is 0.316 e. The van der Waals surface area contributed by atoms with Crippen molar-refractivity contribution in [1.82, 2.24) is 10.2 Å². The van der Waals surface area contributed by atoms with Crippen LogP contribution in [0.5, 0.6) is 0 Å². The number of rotatable bonds is 2. The highest BCUT2D eigenvalue weighted by Crippen LogP contribution is 2.18. The van der Waals surface area contributed by atoms with Crippen molar-refractivity contribution in [3.05, 3.63) is 36.5 Å². The number of nitrogens with one attached hydrogen (secondary N) is 2. The van der Waals surface area contributed by atoms with Crippen LogP contribution in [0.2, 0.25) is 0 Å². The summed E-state index contributed by atoms with van der Waals surface area (Å²) in [5.41, 5.74) is 7.60. The van der Waals surface area contributed by atoms with Crippen LogP contribution in [0.25, 0.3) is 11.3 Å². The third kappa shape index (κ3) is 2.14. The van der Waals surface area contributed by atoms with E-state index < -0.39 is 6.03 Å². The Morgan fingerprint density at radius 2 is 2.00 bits per heavy atom. The normalized spacial score (nSPS) is 9.87. The lowest BCUT2D eigenvalue weighted by atomic mass is 10.1. The van der Waals surface area contributed by atoms with E-state index in [-0.39, 0.29) is 0 Å². The highest BCUT2D eigenvalue weighted by molar-refractivity contribution is 5.88. The Morgan fingerprint density at radius 1 is 1.27 bits per heavy atom. The Morgan fingerprint density at radius 3 is 2.53 bits per heavy atom. The van der Waals surface area contributed by atoms with Gasteiger partial charge in [0, 0.05) is 11.9 Å². The van der Waals surface area contributed by atoms with Crippen LogP contribution in [0.1, 0.15) is 0 Å². The number of H-pyrrole nitrogens is 1. The Hall–Kier alpha value is -2.30. The number of nitrogens with zero attached hydrogens (tertiary/aromatic N) is 1. The summed E-state index contributed by atoms with van der Waals surface area (Å²) >= 11 is 0. The second-order valence-electron chi connectivity index (χ2n) is 3.04. The van der Waals surface area contributed by atoms with Crippen molar-refractivity contribution < 1.29 is 4.79 Å². The van der Waals surface area contributed by atoms with Gasteiger partial charge in [-0.3, -0.25) is 5.10 Å². The van der Waals surface area contributed by atoms with Gasteiger partial charge in [-0.2, -0.15) is 5.10 Å². The van der Waals surface area contributed by atoms with Gasteiger partial charge >= 0.3 is 6.03 Å². The predicted octanol–water partition coefficient (Wildman–Crippen LogP) is 1.57. The SMILES string of the molecule is NC(=O)Nc1ccc(-c2ccn[nH]2)cc1. The monoisotopic (exact) mass is 202 g/mol. The minimum absolute atomic E-state index is 0.565. The standard InChI is InChI=1S/C10H10N4O/c11-10(15)13-8-3-1-7(2-4-8)9-5-6-12-14-9/h1-6H,(H,12,14)(H3,11,13,15). The third-order valence-corrected chi connectivity index (χ3v) is 1.96. The van der Waals surface area contributed by atoms with Gasteiger partial charge in [0.1, 0.15) is 0 Å². The average Bonchev–Trinajstić information content (AvgIpc) is 2.71. The van der Waals surface area contributed by atoms with Crippen LogP contribution >= 0.6 is 0 Å². The predicted molar refractivity (Wildman–Crippen MR) is 57.2 cm³/mol. The van der Waals surface area contributed by atoms with E-state index in [4.69, 9.17) is 5.73 Å². The maximum atomic E-state index is 10.6. The molecule has 4 N–H and O–H groups in total. The van der Waals surface area contributed by atoms with Crippen molar-refractivity contribution in [3.63, 3.8) is 0 Å². The number of amides is 2. The molecule has 2 aromatic rings. The van der Waals surface area contributed by atoms with E-state index in [2.05, 4.69) is 15.5 Å². The quantitative estimate of drug-likeness (QED) is 0.690. The number of aromatic amines is 1. The molecule has 1 heterocycles. The van der Waals surface area contributed by atoms with Crippen molar-refractivity contribution in [3.8, 4) is 11.3 Å². The van der Waals surface area contributed by atoms with Crippen molar-refractivity contribution in [1.29, 1.82) is 0 Å². The van der Waals surface area contributed by atoms with Crippen LogP contribution in [-0.4, -0.2) is 16.2 Å². The molecule has 0 bridgehead atoms. The van der Waals surface area contributed by atoms with Crippen LogP contribution in [0, 0.1) is 0 Å². The van der Waals surface area contributed by atoms with E-state index in [1.165, 1.54) is 0 Å². The minimum Gasteiger partial charge on any atom is -0.351 e. The first kappa shape index (κ1) is 9.26. The number of aromatic nitrogens is 2. The Labute approximate surface area is 86.3 Å². The van der Waals surface area contributed by atoms with E-state index in [9.17, 15) is 4.79 Å². The molecule has 0 aliphatic heterocycles. The first-order chi connectivity index (χ1) is 7.25. The molecule has 0 fully saturated rings. The van der Waals surface area contributed by atoms with Crippen molar-refractivity contribution in [2.24, 2.45) is 5.73 Å². The number of benzene rings is 1. The van der Waals surface area contributed by atoms with Gasteiger partial charge in [-0.15, -0.1) is 0 Å². The summed E-state index contributed by atoms with van der Waals surface area (Å²) in [5, 5.41) is 9.20. The number of hydrogen-bond acceptors (Lipinski definition) is 2. The first-order valence-electron chi connectivity index (χ1n) is 4.42. The van der Waals surface area contributed by atoms with Crippen LogP contribution in [0.4, 0.5) is 10.5 Å². The molecule has 76 valence electrons. The molecule has 0 saturated carbocycles. The molecular formula is C10H10N4O. The van der Waals surface area contributed by atoms with Gasteiger partial charge in [-0.05, 0) is 23.8 Å². The van der Waals surface area contributed by atoms with Crippen molar-refractivity contribution in [2.45, 2.75) is 0 Å². The highest BCUT2D eigenvalue weighted by atomic mass is 16.2. The van der Waals surface area contributed by atoms with Gasteiger partial charge in [0.05, 0.1) is 5.69 Å². The van der Waals surface area contributed by atoms with Crippen LogP contribution in [0.3, 0.4) is 0 Å². The number of urea groups is 1. The molecule has 2 rings (SSSR count). The number of hydrogen-bond donors (Lipinski definition) is 3. The molecular weight excluding hydrogens is 192 g/mol. The number of anilines is 1. The largest absolute Gasteiger partial charge is 0.351 e. The van der Waals surface area contributed by atoms with Gasteiger partial charge in [0.25, 0.3) is 0 Å². The van der Waals surface area contributed by atoms with Crippen LogP contribution < -0.4 is 11.1 Å². The Kier molecular flexibility index (Phi) is 2.37. The third-order valence-electron chi connectivity index (χ3n) is 1.96. The molecule has 15 heavy (non-hydrogen) atoms. The van der Waals surface area contributed by atoms with Crippen LogP contribution in [-0.2, 0) is 0 Å². The Balaban J connectivity index is 2.21. The smallest absolute Gasteiger partial charge is 0.316 e. The number of nitrogens with two attached hydrogens (primary N) is 1. The second kappa shape index (κ2) is 3.83. The molecule has 0 radical (unpaired) electrons. The summed E-state index contributed by atoms with van der Waals surface area (Å²) in [6.45, 7) is 0. The summed E-state index contributed by atoms with van der Waals surface area (Å²) in [4.78, 5) is 10.6. The van der Waals surface area contributed by atoms with Gasteiger partial charge in [-0.25, -0.2) is 4.79 Å². The molecule has 0 saturated heterocycles. The molecule has 1 aromatic carbocycles. The first-order valence-corrected chi connectivity index (χ1v) is 4.42. The molecule has 1 aromatic heterocycles. The summed E-state index contributed by atoms with van der Waals surface area (Å²) in [6.07, 6.45) is 1.69. The molecule has 0 atom stereocenters. The molecule has 0 aliphatic carbocycles. The summed E-state index contributed by atoms with van der Waals surface area (Å²) in [7, 11) is 0. The molecule has 2 amide bonds. The lowest BCUT2D eigenvalue weighted by molar-refractivity contribution is 0.259. The molecule has 0 unspecified atom stereocenters.